The Labute approximate surface area is 136 Å². The fourth-order valence-corrected chi connectivity index (χ4v) is 2.48. The molecular weight excluding hydrogens is 359 g/mol. The molecule has 3 nitrogen and oxygen atoms in total. The first-order valence-corrected chi connectivity index (χ1v) is 7.74. The molecule has 0 fully saturated rings. The average Bonchev–Trinajstić information content (AvgIpc) is 2.48. The van der Waals surface area contributed by atoms with E-state index >= 15 is 0 Å². The zero-order chi connectivity index (χ0) is 15.2. The molecule has 1 aromatic heterocycles. The molecule has 6 heteroatoms. The van der Waals surface area contributed by atoms with Crippen molar-refractivity contribution in [2.24, 2.45) is 0 Å². The van der Waals surface area contributed by atoms with E-state index in [1.807, 2.05) is 12.1 Å². The molecule has 0 atom stereocenters. The van der Waals surface area contributed by atoms with E-state index in [9.17, 15) is 4.39 Å². The SMILES string of the molecule is CCCNc1ncccc1COc1cc(F)c(Cl)cc1Br. The summed E-state index contributed by atoms with van der Waals surface area (Å²) in [6.45, 7) is 3.21. The highest BCUT2D eigenvalue weighted by molar-refractivity contribution is 9.10. The summed E-state index contributed by atoms with van der Waals surface area (Å²) in [4.78, 5) is 4.28. The first kappa shape index (κ1) is 16.0. The van der Waals surface area contributed by atoms with Crippen LogP contribution in [0.5, 0.6) is 5.75 Å². The van der Waals surface area contributed by atoms with Gasteiger partial charge in [0, 0.05) is 24.4 Å². The van der Waals surface area contributed by atoms with Gasteiger partial charge >= 0.3 is 0 Å². The first-order chi connectivity index (χ1) is 10.1. The van der Waals surface area contributed by atoms with Crippen molar-refractivity contribution in [3.05, 3.63) is 51.3 Å². The van der Waals surface area contributed by atoms with Crippen LogP contribution in [0.4, 0.5) is 10.2 Å². The molecule has 1 N–H and O–H groups in total. The number of benzene rings is 1. The molecule has 0 spiro atoms. The van der Waals surface area contributed by atoms with Gasteiger partial charge < -0.3 is 10.1 Å². The van der Waals surface area contributed by atoms with Crippen LogP contribution in [-0.2, 0) is 6.61 Å². The molecule has 0 aliphatic carbocycles. The van der Waals surface area contributed by atoms with E-state index in [1.54, 1.807) is 6.20 Å². The highest BCUT2D eigenvalue weighted by Gasteiger charge is 2.09. The van der Waals surface area contributed by atoms with E-state index in [1.165, 1.54) is 12.1 Å². The number of rotatable bonds is 6. The minimum Gasteiger partial charge on any atom is -0.487 e. The van der Waals surface area contributed by atoms with Crippen LogP contribution in [0.25, 0.3) is 0 Å². The number of hydrogen-bond donors (Lipinski definition) is 1. The standard InChI is InChI=1S/C15H15BrClFN2O/c1-2-5-19-15-10(4-3-6-20-15)9-21-14-8-13(18)12(17)7-11(14)16/h3-4,6-8H,2,5,9H2,1H3,(H,19,20). The third-order valence-electron chi connectivity index (χ3n) is 2.79. The lowest BCUT2D eigenvalue weighted by molar-refractivity contribution is 0.303. The van der Waals surface area contributed by atoms with E-state index in [0.29, 0.717) is 16.8 Å². The van der Waals surface area contributed by atoms with Crippen molar-refractivity contribution in [1.82, 2.24) is 4.98 Å². The molecule has 0 radical (unpaired) electrons. The number of anilines is 1. The number of ether oxygens (including phenoxy) is 1. The van der Waals surface area contributed by atoms with Crippen molar-refractivity contribution in [2.75, 3.05) is 11.9 Å². The van der Waals surface area contributed by atoms with Gasteiger partial charge in [-0.1, -0.05) is 24.6 Å². The molecule has 0 aliphatic rings. The van der Waals surface area contributed by atoms with E-state index in [4.69, 9.17) is 16.3 Å². The van der Waals surface area contributed by atoms with Gasteiger partial charge in [-0.15, -0.1) is 0 Å². The highest BCUT2D eigenvalue weighted by Crippen LogP contribution is 2.31. The molecule has 0 bridgehead atoms. The summed E-state index contributed by atoms with van der Waals surface area (Å²) in [6, 6.07) is 6.51. The second-order valence-corrected chi connectivity index (χ2v) is 5.68. The summed E-state index contributed by atoms with van der Waals surface area (Å²) in [6.07, 6.45) is 2.73. The summed E-state index contributed by atoms with van der Waals surface area (Å²) in [5.41, 5.74) is 0.910. The lowest BCUT2D eigenvalue weighted by atomic mass is 10.2. The summed E-state index contributed by atoms with van der Waals surface area (Å²) >= 11 is 9.01. The van der Waals surface area contributed by atoms with Gasteiger partial charge in [0.05, 0.1) is 9.50 Å². The van der Waals surface area contributed by atoms with Crippen LogP contribution in [0.2, 0.25) is 5.02 Å². The minimum absolute atomic E-state index is 0.0564. The van der Waals surface area contributed by atoms with Crippen LogP contribution >= 0.6 is 27.5 Å². The Bertz CT molecular complexity index is 625. The highest BCUT2D eigenvalue weighted by atomic mass is 79.9. The van der Waals surface area contributed by atoms with Gasteiger partial charge in [0.2, 0.25) is 0 Å². The van der Waals surface area contributed by atoms with Gasteiger partial charge in [-0.2, -0.15) is 0 Å². The fraction of sp³-hybridized carbons (Fsp3) is 0.267. The van der Waals surface area contributed by atoms with Gasteiger partial charge in [0.25, 0.3) is 0 Å². The van der Waals surface area contributed by atoms with Crippen molar-refractivity contribution in [2.45, 2.75) is 20.0 Å². The fourth-order valence-electron chi connectivity index (χ4n) is 1.73. The molecule has 0 amide bonds. The molecule has 0 saturated heterocycles. The maximum absolute atomic E-state index is 13.5. The van der Waals surface area contributed by atoms with Gasteiger partial charge in [0.15, 0.2) is 0 Å². The second-order valence-electron chi connectivity index (χ2n) is 4.42. The molecule has 2 aromatic rings. The lowest BCUT2D eigenvalue weighted by Crippen LogP contribution is -2.07. The Hall–Kier alpha value is -1.33. The number of halogens is 3. The number of nitrogens with one attached hydrogen (secondary N) is 1. The van der Waals surface area contributed by atoms with Crippen LogP contribution in [-0.4, -0.2) is 11.5 Å². The summed E-state index contributed by atoms with van der Waals surface area (Å²) in [7, 11) is 0. The van der Waals surface area contributed by atoms with Crippen molar-refractivity contribution < 1.29 is 9.13 Å². The largest absolute Gasteiger partial charge is 0.487 e. The molecule has 0 aliphatic heterocycles. The molecule has 112 valence electrons. The van der Waals surface area contributed by atoms with Crippen LogP contribution in [0.1, 0.15) is 18.9 Å². The zero-order valence-corrected chi connectivity index (χ0v) is 13.8. The van der Waals surface area contributed by atoms with Crippen molar-refractivity contribution >= 4 is 33.3 Å². The molecule has 2 rings (SSSR count). The topological polar surface area (TPSA) is 34.2 Å². The molecule has 0 saturated carbocycles. The van der Waals surface area contributed by atoms with Gasteiger partial charge in [-0.3, -0.25) is 0 Å². The maximum Gasteiger partial charge on any atom is 0.145 e. The smallest absolute Gasteiger partial charge is 0.145 e. The third-order valence-corrected chi connectivity index (χ3v) is 3.70. The molecular formula is C15H15BrClFN2O. The lowest BCUT2D eigenvalue weighted by Gasteiger charge is -2.12. The predicted molar refractivity (Wildman–Crippen MR) is 86.5 cm³/mol. The number of pyridine rings is 1. The third kappa shape index (κ3) is 4.32. The van der Waals surface area contributed by atoms with Crippen LogP contribution in [0.3, 0.4) is 0 Å². The van der Waals surface area contributed by atoms with Crippen LogP contribution in [0.15, 0.2) is 34.9 Å². The maximum atomic E-state index is 13.5. The van der Waals surface area contributed by atoms with Crippen LogP contribution in [0, 0.1) is 5.82 Å². The quantitative estimate of drug-likeness (QED) is 0.721. The van der Waals surface area contributed by atoms with E-state index < -0.39 is 5.82 Å². The Morgan fingerprint density at radius 3 is 3.00 bits per heavy atom. The molecule has 21 heavy (non-hydrogen) atoms. The Kier molecular flexibility index (Phi) is 5.82. The predicted octanol–water partition coefficient (Wildman–Crippen LogP) is 5.04. The van der Waals surface area contributed by atoms with E-state index in [0.717, 1.165) is 24.3 Å². The van der Waals surface area contributed by atoms with E-state index in [-0.39, 0.29) is 5.02 Å². The summed E-state index contributed by atoms with van der Waals surface area (Å²) in [5, 5.41) is 3.29. The van der Waals surface area contributed by atoms with Gasteiger partial charge in [-0.25, -0.2) is 9.37 Å². The minimum atomic E-state index is -0.509. The van der Waals surface area contributed by atoms with Crippen LogP contribution < -0.4 is 10.1 Å². The van der Waals surface area contributed by atoms with E-state index in [2.05, 4.69) is 33.2 Å². The number of hydrogen-bond acceptors (Lipinski definition) is 3. The first-order valence-electron chi connectivity index (χ1n) is 6.57. The Balaban J connectivity index is 2.11. The number of aromatic nitrogens is 1. The van der Waals surface area contributed by atoms with Gasteiger partial charge in [-0.05, 0) is 34.5 Å². The summed E-state index contributed by atoms with van der Waals surface area (Å²) < 4.78 is 19.7. The van der Waals surface area contributed by atoms with Crippen molar-refractivity contribution in [3.63, 3.8) is 0 Å². The summed E-state index contributed by atoms with van der Waals surface area (Å²) in [5.74, 6) is 0.678. The Morgan fingerprint density at radius 1 is 1.43 bits per heavy atom. The average molecular weight is 374 g/mol. The molecule has 1 heterocycles. The molecule has 1 aromatic carbocycles. The van der Waals surface area contributed by atoms with Crippen molar-refractivity contribution in [1.29, 1.82) is 0 Å². The van der Waals surface area contributed by atoms with Crippen molar-refractivity contribution in [3.8, 4) is 5.75 Å². The monoisotopic (exact) mass is 372 g/mol. The normalized spacial score (nSPS) is 10.5. The zero-order valence-electron chi connectivity index (χ0n) is 11.5. The number of nitrogens with zero attached hydrogens (tertiary/aromatic N) is 1. The Morgan fingerprint density at radius 2 is 2.24 bits per heavy atom. The second kappa shape index (κ2) is 7.61. The van der Waals surface area contributed by atoms with Gasteiger partial charge in [0.1, 0.15) is 24.0 Å². The molecule has 0 unspecified atom stereocenters.